The molecule has 0 spiro atoms. The summed E-state index contributed by atoms with van der Waals surface area (Å²) in [6, 6.07) is 10.6. The molecule has 0 N–H and O–H groups in total. The summed E-state index contributed by atoms with van der Waals surface area (Å²) in [5, 5.41) is 6.62. The van der Waals surface area contributed by atoms with Gasteiger partial charge in [-0.25, -0.2) is 9.69 Å². The molecule has 0 saturated carbocycles. The van der Waals surface area contributed by atoms with Crippen LogP contribution in [0.4, 0.5) is 11.4 Å². The Morgan fingerprint density at radius 3 is 2.47 bits per heavy atom. The summed E-state index contributed by atoms with van der Waals surface area (Å²) in [5.74, 6) is -2.84. The molecule has 0 bridgehead atoms. The van der Waals surface area contributed by atoms with E-state index in [2.05, 4.69) is 5.10 Å². The van der Waals surface area contributed by atoms with Crippen molar-refractivity contribution in [3.8, 4) is 0 Å². The minimum Gasteiger partial charge on any atom is -0.461 e. The van der Waals surface area contributed by atoms with E-state index in [4.69, 9.17) is 27.9 Å². The van der Waals surface area contributed by atoms with Crippen molar-refractivity contribution in [1.82, 2.24) is 0 Å². The molecule has 7 nitrogen and oxygen atoms in total. The lowest BCUT2D eigenvalue weighted by Gasteiger charge is -2.23. The number of hydrogen-bond acceptors (Lipinski definition) is 6. The van der Waals surface area contributed by atoms with Crippen molar-refractivity contribution in [3.63, 3.8) is 0 Å². The van der Waals surface area contributed by atoms with Crippen LogP contribution in [0.15, 0.2) is 47.6 Å². The SMILES string of the molecule is CCOC(=O)C1=NN(c2ccc(Cl)cc2)[C@H]2C(=O)N(c3cccc(Cl)c3C)C(=O)[C@H]12. The standard InChI is InChI=1S/C21H17Cl2N3O4/c1-3-30-21(29)17-16-18(26(24-17)13-9-7-12(22)8-10-13)20(28)25(19(16)27)15-6-4-5-14(23)11(15)2/h4-10,16,18H,3H2,1-2H3/t16-,18-/m1/s1. The highest BCUT2D eigenvalue weighted by atomic mass is 35.5. The molecule has 0 unspecified atom stereocenters. The predicted molar refractivity (Wildman–Crippen MR) is 114 cm³/mol. The minimum absolute atomic E-state index is 0.0997. The summed E-state index contributed by atoms with van der Waals surface area (Å²) in [5.41, 5.74) is 1.40. The van der Waals surface area contributed by atoms with Crippen molar-refractivity contribution in [3.05, 3.63) is 58.1 Å². The maximum Gasteiger partial charge on any atom is 0.355 e. The second-order valence-corrected chi connectivity index (χ2v) is 7.69. The summed E-state index contributed by atoms with van der Waals surface area (Å²) < 4.78 is 5.08. The molecular weight excluding hydrogens is 429 g/mol. The molecule has 0 aromatic heterocycles. The van der Waals surface area contributed by atoms with Gasteiger partial charge in [0.05, 0.1) is 18.0 Å². The van der Waals surface area contributed by atoms with Gasteiger partial charge in [0.25, 0.3) is 5.91 Å². The van der Waals surface area contributed by atoms with Crippen LogP contribution in [0.5, 0.6) is 0 Å². The third kappa shape index (κ3) is 3.14. The number of rotatable bonds is 4. The number of fused-ring (bicyclic) bond motifs is 1. The van der Waals surface area contributed by atoms with E-state index in [-0.39, 0.29) is 12.3 Å². The van der Waals surface area contributed by atoms with Crippen molar-refractivity contribution < 1.29 is 19.1 Å². The number of carbonyl (C=O) groups is 3. The van der Waals surface area contributed by atoms with E-state index in [1.165, 1.54) is 5.01 Å². The van der Waals surface area contributed by atoms with E-state index < -0.39 is 29.7 Å². The molecule has 4 rings (SSSR count). The second kappa shape index (κ2) is 7.74. The van der Waals surface area contributed by atoms with Gasteiger partial charge in [-0.05, 0) is 55.8 Å². The molecule has 0 aliphatic carbocycles. The van der Waals surface area contributed by atoms with Gasteiger partial charge < -0.3 is 4.74 Å². The van der Waals surface area contributed by atoms with Crippen molar-refractivity contribution in [2.45, 2.75) is 19.9 Å². The number of ether oxygens (including phenoxy) is 1. The Balaban J connectivity index is 1.82. The lowest BCUT2D eigenvalue weighted by atomic mass is 9.98. The van der Waals surface area contributed by atoms with Gasteiger partial charge >= 0.3 is 5.97 Å². The van der Waals surface area contributed by atoms with Gasteiger partial charge in [-0.2, -0.15) is 5.10 Å². The van der Waals surface area contributed by atoms with Gasteiger partial charge in [0.15, 0.2) is 5.71 Å². The molecule has 2 aromatic rings. The number of esters is 1. The Bertz CT molecular complexity index is 1080. The first kappa shape index (κ1) is 20.4. The molecule has 2 aliphatic rings. The fraction of sp³-hybridized carbons (Fsp3) is 0.238. The first-order valence-electron chi connectivity index (χ1n) is 9.28. The van der Waals surface area contributed by atoms with Gasteiger partial charge in [0.1, 0.15) is 12.0 Å². The second-order valence-electron chi connectivity index (χ2n) is 6.85. The van der Waals surface area contributed by atoms with Crippen LogP contribution in [0.3, 0.4) is 0 Å². The number of hydrogen-bond donors (Lipinski definition) is 0. The highest BCUT2D eigenvalue weighted by Gasteiger charge is 2.59. The van der Waals surface area contributed by atoms with Gasteiger partial charge in [0, 0.05) is 10.0 Å². The van der Waals surface area contributed by atoms with Gasteiger partial charge in [-0.1, -0.05) is 29.3 Å². The number of halogens is 2. The Morgan fingerprint density at radius 2 is 1.80 bits per heavy atom. The third-order valence-corrected chi connectivity index (χ3v) is 5.77. The smallest absolute Gasteiger partial charge is 0.355 e. The van der Waals surface area contributed by atoms with Crippen LogP contribution >= 0.6 is 23.2 Å². The average molecular weight is 446 g/mol. The largest absolute Gasteiger partial charge is 0.461 e. The highest BCUT2D eigenvalue weighted by Crippen LogP contribution is 2.40. The van der Waals surface area contributed by atoms with Gasteiger partial charge in [-0.3, -0.25) is 14.6 Å². The molecule has 154 valence electrons. The molecule has 2 aromatic carbocycles. The number of anilines is 2. The molecule has 1 fully saturated rings. The first-order valence-corrected chi connectivity index (χ1v) is 10.0. The monoisotopic (exact) mass is 445 g/mol. The van der Waals surface area contributed by atoms with Crippen LogP contribution in [0, 0.1) is 12.8 Å². The quantitative estimate of drug-likeness (QED) is 0.530. The summed E-state index contributed by atoms with van der Waals surface area (Å²) >= 11 is 12.2. The Kier molecular flexibility index (Phi) is 5.26. The molecule has 9 heteroatoms. The fourth-order valence-corrected chi connectivity index (χ4v) is 3.97. The summed E-state index contributed by atoms with van der Waals surface area (Å²) in [7, 11) is 0. The Morgan fingerprint density at radius 1 is 1.10 bits per heavy atom. The maximum atomic E-state index is 13.4. The lowest BCUT2D eigenvalue weighted by molar-refractivity contribution is -0.136. The molecule has 2 amide bonds. The molecule has 30 heavy (non-hydrogen) atoms. The molecule has 0 radical (unpaired) electrons. The normalized spacial score (nSPS) is 20.5. The zero-order valence-electron chi connectivity index (χ0n) is 16.1. The molecule has 2 heterocycles. The Hall–Kier alpha value is -2.90. The van der Waals surface area contributed by atoms with Gasteiger partial charge in [-0.15, -0.1) is 0 Å². The van der Waals surface area contributed by atoms with E-state index in [0.29, 0.717) is 27.0 Å². The molecule has 2 aliphatic heterocycles. The van der Waals surface area contributed by atoms with Crippen molar-refractivity contribution in [1.29, 1.82) is 0 Å². The Labute approximate surface area is 182 Å². The summed E-state index contributed by atoms with van der Waals surface area (Å²) in [6.07, 6.45) is 0. The highest BCUT2D eigenvalue weighted by molar-refractivity contribution is 6.47. The number of hydrazone groups is 1. The van der Waals surface area contributed by atoms with E-state index in [9.17, 15) is 14.4 Å². The summed E-state index contributed by atoms with van der Waals surface area (Å²) in [4.78, 5) is 40.4. The first-order chi connectivity index (χ1) is 14.3. The number of imide groups is 1. The molecule has 2 atom stereocenters. The van der Waals surface area contributed by atoms with Crippen molar-refractivity contribution in [2.75, 3.05) is 16.5 Å². The predicted octanol–water partition coefficient (Wildman–Crippen LogP) is 3.60. The maximum absolute atomic E-state index is 13.4. The van der Waals surface area contributed by atoms with Crippen LogP contribution in [0.2, 0.25) is 10.0 Å². The molecular formula is C21H17Cl2N3O4. The zero-order valence-corrected chi connectivity index (χ0v) is 17.6. The van der Waals surface area contributed by atoms with Crippen LogP contribution in [0.25, 0.3) is 0 Å². The van der Waals surface area contributed by atoms with Crippen molar-refractivity contribution >= 4 is 58.1 Å². The minimum atomic E-state index is -1.08. The van der Waals surface area contributed by atoms with Crippen LogP contribution < -0.4 is 9.91 Å². The van der Waals surface area contributed by atoms with Crippen LogP contribution in [-0.4, -0.2) is 36.1 Å². The topological polar surface area (TPSA) is 79.3 Å². The lowest BCUT2D eigenvalue weighted by Crippen LogP contribution is -2.39. The van der Waals surface area contributed by atoms with Crippen molar-refractivity contribution in [2.24, 2.45) is 11.0 Å². The third-order valence-electron chi connectivity index (χ3n) is 5.10. The van der Waals surface area contributed by atoms with Gasteiger partial charge in [0.2, 0.25) is 5.91 Å². The van der Waals surface area contributed by atoms with Crippen LogP contribution in [0.1, 0.15) is 12.5 Å². The van der Waals surface area contributed by atoms with Crippen LogP contribution in [-0.2, 0) is 19.1 Å². The number of amides is 2. The number of benzene rings is 2. The number of carbonyl (C=O) groups excluding carboxylic acids is 3. The molecule has 1 saturated heterocycles. The summed E-state index contributed by atoms with van der Waals surface area (Å²) in [6.45, 7) is 3.50. The van der Waals surface area contributed by atoms with E-state index in [1.807, 2.05) is 0 Å². The van der Waals surface area contributed by atoms with E-state index in [0.717, 1.165) is 4.90 Å². The zero-order chi connectivity index (χ0) is 21.6. The number of nitrogens with zero attached hydrogens (tertiary/aromatic N) is 3. The average Bonchev–Trinajstić information content (AvgIpc) is 3.23. The fourth-order valence-electron chi connectivity index (χ4n) is 3.67. The van der Waals surface area contributed by atoms with E-state index in [1.54, 1.807) is 56.3 Å². The van der Waals surface area contributed by atoms with E-state index >= 15 is 0 Å².